The molecule has 1 N–H and O–H groups in total. The Labute approximate surface area is 213 Å². The van der Waals surface area contributed by atoms with E-state index in [1.807, 2.05) is 55.5 Å². The van der Waals surface area contributed by atoms with Gasteiger partial charge in [0.05, 0.1) is 13.2 Å². The largest absolute Gasteiger partial charge is 0.487 e. The number of nitriles is 1. The van der Waals surface area contributed by atoms with Gasteiger partial charge in [-0.25, -0.2) is 4.39 Å². The molecular formula is C25H19FI2N2O2. The van der Waals surface area contributed by atoms with E-state index in [0.717, 1.165) is 23.8 Å². The summed E-state index contributed by atoms with van der Waals surface area (Å²) in [6, 6.07) is 21.2. The first-order chi connectivity index (χ1) is 15.4. The zero-order valence-corrected chi connectivity index (χ0v) is 21.4. The second-order valence-electron chi connectivity index (χ2n) is 7.00. The third kappa shape index (κ3) is 6.53. The third-order valence-electron chi connectivity index (χ3n) is 4.64. The van der Waals surface area contributed by atoms with E-state index in [0.29, 0.717) is 12.4 Å². The minimum absolute atomic E-state index is 0.0272. The first kappa shape index (κ1) is 24.2. The molecule has 3 aromatic carbocycles. The summed E-state index contributed by atoms with van der Waals surface area (Å²) in [6.45, 7) is 2.19. The Bertz CT molecular complexity index is 1150. The van der Waals surface area contributed by atoms with Gasteiger partial charge in [0.1, 0.15) is 29.8 Å². The monoisotopic (exact) mass is 652 g/mol. The van der Waals surface area contributed by atoms with E-state index in [2.05, 4.69) is 50.5 Å². The maximum absolute atomic E-state index is 13.1. The molecule has 32 heavy (non-hydrogen) atoms. The molecule has 0 saturated heterocycles. The van der Waals surface area contributed by atoms with Crippen molar-refractivity contribution in [3.8, 4) is 11.8 Å². The molecule has 3 rings (SSSR count). The highest BCUT2D eigenvalue weighted by molar-refractivity contribution is 14.1. The Kier molecular flexibility index (Phi) is 8.64. The fraction of sp³-hybridized carbons (Fsp3) is 0.120. The quantitative estimate of drug-likeness (QED) is 0.183. The van der Waals surface area contributed by atoms with Crippen LogP contribution in [0.5, 0.6) is 5.75 Å². The second kappa shape index (κ2) is 11.4. The molecule has 0 aliphatic heterocycles. The molecule has 0 aliphatic carbocycles. The first-order valence-electron chi connectivity index (χ1n) is 9.71. The summed E-state index contributed by atoms with van der Waals surface area (Å²) < 4.78 is 20.7. The fourth-order valence-corrected chi connectivity index (χ4v) is 5.08. The molecule has 0 bridgehead atoms. The number of hydrogen-bond acceptors (Lipinski definition) is 3. The summed E-state index contributed by atoms with van der Waals surface area (Å²) in [5.74, 6) is -0.0108. The van der Waals surface area contributed by atoms with Crippen LogP contribution in [0.1, 0.15) is 29.7 Å². The van der Waals surface area contributed by atoms with Gasteiger partial charge in [-0.15, -0.1) is 0 Å². The van der Waals surface area contributed by atoms with Crippen LogP contribution in [0.25, 0.3) is 6.08 Å². The van der Waals surface area contributed by atoms with Crippen molar-refractivity contribution in [1.82, 2.24) is 5.32 Å². The van der Waals surface area contributed by atoms with Crippen molar-refractivity contribution in [2.45, 2.75) is 19.6 Å². The summed E-state index contributed by atoms with van der Waals surface area (Å²) in [4.78, 5) is 12.6. The van der Waals surface area contributed by atoms with Gasteiger partial charge in [-0.2, -0.15) is 5.26 Å². The van der Waals surface area contributed by atoms with Gasteiger partial charge in [0, 0.05) is 0 Å². The Hall–Kier alpha value is -2.45. The topological polar surface area (TPSA) is 62.1 Å². The van der Waals surface area contributed by atoms with Crippen molar-refractivity contribution < 1.29 is 13.9 Å². The van der Waals surface area contributed by atoms with Crippen LogP contribution >= 0.6 is 45.2 Å². The minimum Gasteiger partial charge on any atom is -0.487 e. The van der Waals surface area contributed by atoms with E-state index in [-0.39, 0.29) is 17.4 Å². The van der Waals surface area contributed by atoms with Crippen LogP contribution in [0.15, 0.2) is 72.3 Å². The van der Waals surface area contributed by atoms with E-state index in [1.165, 1.54) is 12.1 Å². The predicted molar refractivity (Wildman–Crippen MR) is 139 cm³/mol. The van der Waals surface area contributed by atoms with E-state index in [4.69, 9.17) is 4.74 Å². The highest BCUT2D eigenvalue weighted by atomic mass is 127. The molecule has 0 fully saturated rings. The summed E-state index contributed by atoms with van der Waals surface area (Å²) in [5, 5.41) is 12.4. The third-order valence-corrected chi connectivity index (χ3v) is 6.24. The van der Waals surface area contributed by atoms with E-state index < -0.39 is 5.91 Å². The number of rotatable bonds is 7. The summed E-state index contributed by atoms with van der Waals surface area (Å²) in [6.07, 6.45) is 1.57. The molecule has 3 aromatic rings. The van der Waals surface area contributed by atoms with Gasteiger partial charge >= 0.3 is 0 Å². The van der Waals surface area contributed by atoms with Crippen LogP contribution in [0, 0.1) is 24.3 Å². The average Bonchev–Trinajstić information content (AvgIpc) is 2.78. The molecule has 4 nitrogen and oxygen atoms in total. The molecule has 0 radical (unpaired) electrons. The zero-order chi connectivity index (χ0) is 23.1. The van der Waals surface area contributed by atoms with Crippen LogP contribution in [-0.2, 0) is 11.4 Å². The highest BCUT2D eigenvalue weighted by Crippen LogP contribution is 2.30. The van der Waals surface area contributed by atoms with Crippen molar-refractivity contribution in [2.24, 2.45) is 0 Å². The Balaban J connectivity index is 1.74. The number of nitrogens with one attached hydrogen (secondary N) is 1. The summed E-state index contributed by atoms with van der Waals surface area (Å²) in [5.41, 5.74) is 2.58. The smallest absolute Gasteiger partial charge is 0.262 e. The van der Waals surface area contributed by atoms with E-state index in [9.17, 15) is 14.4 Å². The molecule has 1 atom stereocenters. The minimum atomic E-state index is -0.425. The maximum atomic E-state index is 13.1. The number of amides is 1. The molecule has 162 valence electrons. The molecule has 7 heteroatoms. The van der Waals surface area contributed by atoms with Gasteiger partial charge in [-0.05, 0) is 99.1 Å². The number of carbonyl (C=O) groups excluding carboxylic acids is 1. The van der Waals surface area contributed by atoms with E-state index >= 15 is 0 Å². The molecule has 0 saturated carbocycles. The van der Waals surface area contributed by atoms with E-state index in [1.54, 1.807) is 18.2 Å². The first-order valence-corrected chi connectivity index (χ1v) is 11.9. The number of carbonyl (C=O) groups is 1. The predicted octanol–water partition coefficient (Wildman–Crippen LogP) is 6.40. The SMILES string of the molecule is C[C@H](NC(=O)/C(C#N)=C\c1cc(I)c(OCc2ccc(F)cc2)c(I)c1)c1ccccc1. The average molecular weight is 652 g/mol. The summed E-state index contributed by atoms with van der Waals surface area (Å²) >= 11 is 4.32. The highest BCUT2D eigenvalue weighted by Gasteiger charge is 2.15. The van der Waals surface area contributed by atoms with Crippen molar-refractivity contribution in [1.29, 1.82) is 5.26 Å². The lowest BCUT2D eigenvalue weighted by molar-refractivity contribution is -0.117. The normalized spacial score (nSPS) is 12.0. The van der Waals surface area contributed by atoms with Gasteiger partial charge < -0.3 is 10.1 Å². The number of nitrogens with zero attached hydrogens (tertiary/aromatic N) is 1. The van der Waals surface area contributed by atoms with Gasteiger partial charge in [0.15, 0.2) is 0 Å². The molecular weight excluding hydrogens is 633 g/mol. The van der Waals surface area contributed by atoms with Crippen LogP contribution in [0.2, 0.25) is 0 Å². The van der Waals surface area contributed by atoms with Crippen LogP contribution in [0.3, 0.4) is 0 Å². The van der Waals surface area contributed by atoms with Crippen molar-refractivity contribution in [2.75, 3.05) is 0 Å². The van der Waals surface area contributed by atoms with Gasteiger partial charge in [-0.3, -0.25) is 4.79 Å². The Morgan fingerprint density at radius 1 is 1.12 bits per heavy atom. The molecule has 0 unspecified atom stereocenters. The summed E-state index contributed by atoms with van der Waals surface area (Å²) in [7, 11) is 0. The fourth-order valence-electron chi connectivity index (χ4n) is 2.95. The number of halogens is 3. The van der Waals surface area contributed by atoms with Gasteiger partial charge in [0.25, 0.3) is 5.91 Å². The Morgan fingerprint density at radius 3 is 2.34 bits per heavy atom. The standard InChI is InChI=1S/C25H19FI2N2O2/c1-16(19-5-3-2-4-6-19)30-25(31)20(14-29)11-18-12-22(27)24(23(28)13-18)32-15-17-7-9-21(26)10-8-17/h2-13,16H,15H2,1H3,(H,30,31)/b20-11-/t16-/m0/s1. The second-order valence-corrected chi connectivity index (χ2v) is 9.33. The molecule has 0 aromatic heterocycles. The van der Waals surface area contributed by atoms with Crippen molar-refractivity contribution in [3.05, 3.63) is 102 Å². The zero-order valence-electron chi connectivity index (χ0n) is 17.1. The number of hydrogen-bond donors (Lipinski definition) is 1. The lowest BCUT2D eigenvalue weighted by Crippen LogP contribution is -2.27. The molecule has 0 spiro atoms. The van der Waals surface area contributed by atoms with Gasteiger partial charge in [0.2, 0.25) is 0 Å². The van der Waals surface area contributed by atoms with Crippen LogP contribution < -0.4 is 10.1 Å². The van der Waals surface area contributed by atoms with Crippen molar-refractivity contribution >= 4 is 57.2 Å². The van der Waals surface area contributed by atoms with Crippen LogP contribution in [0.4, 0.5) is 4.39 Å². The maximum Gasteiger partial charge on any atom is 0.262 e. The lowest BCUT2D eigenvalue weighted by atomic mass is 10.1. The van der Waals surface area contributed by atoms with Crippen LogP contribution in [-0.4, -0.2) is 5.91 Å². The number of ether oxygens (including phenoxy) is 1. The van der Waals surface area contributed by atoms with Gasteiger partial charge in [-0.1, -0.05) is 42.5 Å². The Morgan fingerprint density at radius 2 is 1.75 bits per heavy atom. The molecule has 0 heterocycles. The van der Waals surface area contributed by atoms with Crippen molar-refractivity contribution in [3.63, 3.8) is 0 Å². The number of benzene rings is 3. The lowest BCUT2D eigenvalue weighted by Gasteiger charge is -2.14. The molecule has 0 aliphatic rings. The molecule has 1 amide bonds.